The molecule has 0 amide bonds. The number of halogens is 1. The summed E-state index contributed by atoms with van der Waals surface area (Å²) in [7, 11) is 1.35. The number of nitrogens with zero attached hydrogens (tertiary/aromatic N) is 1. The molecule has 1 unspecified atom stereocenters. The predicted molar refractivity (Wildman–Crippen MR) is 53.5 cm³/mol. The number of rotatable bonds is 4. The minimum absolute atomic E-state index is 0.406. The van der Waals surface area contributed by atoms with E-state index in [1.807, 2.05) is 0 Å². The maximum Gasteiger partial charge on any atom is 0.333 e. The second-order valence-corrected chi connectivity index (χ2v) is 3.97. The highest BCUT2D eigenvalue weighted by Gasteiger charge is 2.55. The Morgan fingerprint density at radius 3 is 2.81 bits per heavy atom. The van der Waals surface area contributed by atoms with Crippen molar-refractivity contribution in [3.8, 4) is 0 Å². The molecule has 86 valence electrons. The Morgan fingerprint density at radius 2 is 2.38 bits per heavy atom. The monoisotopic (exact) mass is 225 g/mol. The highest BCUT2D eigenvalue weighted by atomic mass is 19.1. The van der Waals surface area contributed by atoms with Gasteiger partial charge in [0.1, 0.15) is 5.82 Å². The quantitative estimate of drug-likeness (QED) is 0.840. The molecule has 0 radical (unpaired) electrons. The number of pyridine rings is 1. The fraction of sp³-hybridized carbons (Fsp3) is 0.455. The Kier molecular flexibility index (Phi) is 2.63. The topological polar surface area (TPSA) is 59.4 Å². The van der Waals surface area contributed by atoms with E-state index in [2.05, 4.69) is 4.98 Å². The van der Waals surface area contributed by atoms with Crippen LogP contribution in [0.25, 0.3) is 0 Å². The number of methoxy groups -OCH3 is 1. The van der Waals surface area contributed by atoms with Crippen LogP contribution in [0, 0.1) is 5.82 Å². The number of aliphatic carboxylic acids is 1. The van der Waals surface area contributed by atoms with Gasteiger partial charge in [-0.3, -0.25) is 4.98 Å². The summed E-state index contributed by atoms with van der Waals surface area (Å²) in [5, 5.41) is 9.03. The molecule has 0 aromatic carbocycles. The van der Waals surface area contributed by atoms with Crippen LogP contribution >= 0.6 is 0 Å². The van der Waals surface area contributed by atoms with Crippen LogP contribution in [0.2, 0.25) is 0 Å². The Hall–Kier alpha value is -1.49. The van der Waals surface area contributed by atoms with Crippen LogP contribution in [0.15, 0.2) is 18.3 Å². The first-order valence-corrected chi connectivity index (χ1v) is 4.98. The highest BCUT2D eigenvalue weighted by Crippen LogP contribution is 2.51. The molecule has 1 aromatic heterocycles. The van der Waals surface area contributed by atoms with Gasteiger partial charge >= 0.3 is 5.97 Å². The van der Waals surface area contributed by atoms with Crippen molar-refractivity contribution in [2.75, 3.05) is 7.11 Å². The Labute approximate surface area is 92.1 Å². The van der Waals surface area contributed by atoms with E-state index in [0.717, 1.165) is 0 Å². The third-order valence-corrected chi connectivity index (χ3v) is 2.98. The number of carbonyl (C=O) groups is 1. The molecule has 2 rings (SSSR count). The molecule has 16 heavy (non-hydrogen) atoms. The van der Waals surface area contributed by atoms with Crippen LogP contribution in [0.5, 0.6) is 0 Å². The maximum absolute atomic E-state index is 13.1. The fourth-order valence-corrected chi connectivity index (χ4v) is 2.03. The fourth-order valence-electron chi connectivity index (χ4n) is 2.03. The molecule has 4 nitrogen and oxygen atoms in total. The molecule has 0 saturated heterocycles. The summed E-state index contributed by atoms with van der Waals surface area (Å²) in [6.07, 6.45) is 1.71. The number of aromatic nitrogens is 1. The lowest BCUT2D eigenvalue weighted by molar-refractivity contribution is -0.150. The van der Waals surface area contributed by atoms with Crippen molar-refractivity contribution in [2.24, 2.45) is 0 Å². The smallest absolute Gasteiger partial charge is 0.333 e. The molecule has 0 spiro atoms. The highest BCUT2D eigenvalue weighted by molar-refractivity contribution is 5.75. The molecular weight excluding hydrogens is 213 g/mol. The van der Waals surface area contributed by atoms with Crippen molar-refractivity contribution in [2.45, 2.75) is 24.4 Å². The molecule has 1 atom stereocenters. The molecule has 5 heteroatoms. The van der Waals surface area contributed by atoms with Gasteiger partial charge in [-0.25, -0.2) is 9.18 Å². The third-order valence-electron chi connectivity index (χ3n) is 2.98. The lowest BCUT2D eigenvalue weighted by atomic mass is 9.94. The maximum atomic E-state index is 13.1. The van der Waals surface area contributed by atoms with Crippen molar-refractivity contribution in [3.63, 3.8) is 0 Å². The van der Waals surface area contributed by atoms with Crippen molar-refractivity contribution < 1.29 is 19.0 Å². The van der Waals surface area contributed by atoms with Gasteiger partial charge in [-0.1, -0.05) is 0 Å². The van der Waals surface area contributed by atoms with E-state index >= 15 is 0 Å². The number of carboxylic acids is 1. The van der Waals surface area contributed by atoms with Gasteiger partial charge in [-0.15, -0.1) is 0 Å². The summed E-state index contributed by atoms with van der Waals surface area (Å²) in [4.78, 5) is 15.1. The first-order valence-electron chi connectivity index (χ1n) is 4.98. The second-order valence-electron chi connectivity index (χ2n) is 3.97. The molecule has 1 fully saturated rings. The average molecular weight is 225 g/mol. The van der Waals surface area contributed by atoms with Gasteiger partial charge in [0.25, 0.3) is 0 Å². The van der Waals surface area contributed by atoms with Gasteiger partial charge in [0.05, 0.1) is 5.69 Å². The van der Waals surface area contributed by atoms with E-state index in [4.69, 9.17) is 9.84 Å². The van der Waals surface area contributed by atoms with Crippen molar-refractivity contribution in [3.05, 3.63) is 29.8 Å². The van der Waals surface area contributed by atoms with Crippen molar-refractivity contribution >= 4 is 5.97 Å². The van der Waals surface area contributed by atoms with Gasteiger partial charge in [-0.05, 0) is 25.0 Å². The van der Waals surface area contributed by atoms with Crippen LogP contribution in [-0.2, 0) is 14.9 Å². The van der Waals surface area contributed by atoms with Crippen molar-refractivity contribution in [1.29, 1.82) is 0 Å². The van der Waals surface area contributed by atoms with Crippen LogP contribution in [0.3, 0.4) is 0 Å². The van der Waals surface area contributed by atoms with Gasteiger partial charge in [-0.2, -0.15) is 0 Å². The van der Waals surface area contributed by atoms with Crippen molar-refractivity contribution in [1.82, 2.24) is 4.98 Å². The van der Waals surface area contributed by atoms with E-state index in [9.17, 15) is 9.18 Å². The summed E-state index contributed by atoms with van der Waals surface area (Å²) in [5.41, 5.74) is -0.190. The van der Waals surface area contributed by atoms with Crippen LogP contribution < -0.4 is 0 Å². The lowest BCUT2D eigenvalue weighted by Gasteiger charge is -2.21. The second kappa shape index (κ2) is 3.83. The average Bonchev–Trinajstić information content (AvgIpc) is 3.00. The van der Waals surface area contributed by atoms with E-state index in [1.54, 1.807) is 0 Å². The number of hydrogen-bond donors (Lipinski definition) is 1. The normalized spacial score (nSPS) is 19.1. The Bertz CT molecular complexity index is 417. The van der Waals surface area contributed by atoms with E-state index in [1.165, 1.54) is 25.4 Å². The largest absolute Gasteiger partial charge is 0.479 e. The lowest BCUT2D eigenvalue weighted by Crippen LogP contribution is -2.36. The van der Waals surface area contributed by atoms with E-state index in [0.29, 0.717) is 18.5 Å². The molecular formula is C11H12FNO3. The Morgan fingerprint density at radius 1 is 1.69 bits per heavy atom. The van der Waals surface area contributed by atoms with Gasteiger partial charge in [0.15, 0.2) is 6.10 Å². The number of hydrogen-bond acceptors (Lipinski definition) is 3. The van der Waals surface area contributed by atoms with E-state index in [-0.39, 0.29) is 0 Å². The predicted octanol–water partition coefficient (Wildman–Crippen LogP) is 1.35. The molecule has 0 bridgehead atoms. The van der Waals surface area contributed by atoms with Gasteiger partial charge < -0.3 is 9.84 Å². The zero-order valence-electron chi connectivity index (χ0n) is 8.81. The summed E-state index contributed by atoms with van der Waals surface area (Å²) in [5.74, 6) is -1.44. The minimum Gasteiger partial charge on any atom is -0.479 e. The van der Waals surface area contributed by atoms with E-state index < -0.39 is 23.3 Å². The number of ether oxygens (including phenoxy) is 1. The molecule has 1 heterocycles. The first-order chi connectivity index (χ1) is 7.60. The van der Waals surface area contributed by atoms with Crippen LogP contribution in [0.4, 0.5) is 4.39 Å². The summed E-state index contributed by atoms with van der Waals surface area (Å²) in [6, 6.07) is 2.52. The van der Waals surface area contributed by atoms with Crippen LogP contribution in [0.1, 0.15) is 18.5 Å². The van der Waals surface area contributed by atoms with Gasteiger partial charge in [0, 0.05) is 18.7 Å². The molecule has 1 aliphatic rings. The molecule has 1 aliphatic carbocycles. The Balaban J connectivity index is 2.35. The standard InChI is InChI=1S/C11H12FNO3/c1-16-9(10(14)15)11(3-4-11)8-6-7(12)2-5-13-8/h2,5-6,9H,3-4H2,1H3,(H,14,15). The minimum atomic E-state index is -1.04. The summed E-state index contributed by atoms with van der Waals surface area (Å²) in [6.45, 7) is 0. The molecule has 1 aromatic rings. The SMILES string of the molecule is COC(C(=O)O)C1(c2cc(F)ccn2)CC1. The summed E-state index contributed by atoms with van der Waals surface area (Å²) >= 11 is 0. The molecule has 1 N–H and O–H groups in total. The zero-order valence-corrected chi connectivity index (χ0v) is 8.81. The van der Waals surface area contributed by atoms with Gasteiger partial charge in [0.2, 0.25) is 0 Å². The summed E-state index contributed by atoms with van der Waals surface area (Å²) < 4.78 is 18.0. The zero-order chi connectivity index (χ0) is 11.8. The first kappa shape index (κ1) is 11.0. The third kappa shape index (κ3) is 1.67. The number of carboxylic acid groups (broad SMARTS) is 1. The molecule has 0 aliphatic heterocycles. The molecule has 1 saturated carbocycles. The van der Waals surface area contributed by atoms with Crippen LogP contribution in [-0.4, -0.2) is 29.3 Å².